The molecule has 0 saturated carbocycles. The molecule has 4 rings (SSSR count). The SMILES string of the molecule is [CH2]C(CC=C(C)c1cccc2cc3ccccc3cc12)c1ccccc1. The van der Waals surface area contributed by atoms with Crippen LogP contribution in [0.1, 0.15) is 30.4 Å². The first-order valence-electron chi connectivity index (χ1n) is 9.19. The lowest BCUT2D eigenvalue weighted by Gasteiger charge is -2.12. The van der Waals surface area contributed by atoms with Crippen molar-refractivity contribution in [1.82, 2.24) is 0 Å². The van der Waals surface area contributed by atoms with Crippen molar-refractivity contribution in [3.8, 4) is 0 Å². The van der Waals surface area contributed by atoms with Gasteiger partial charge in [0.1, 0.15) is 0 Å². The predicted molar refractivity (Wildman–Crippen MR) is 114 cm³/mol. The van der Waals surface area contributed by atoms with Crippen molar-refractivity contribution in [3.63, 3.8) is 0 Å². The number of hydrogen-bond acceptors (Lipinski definition) is 0. The lowest BCUT2D eigenvalue weighted by atomic mass is 9.93. The Morgan fingerprint density at radius 2 is 1.46 bits per heavy atom. The minimum atomic E-state index is 0.280. The van der Waals surface area contributed by atoms with E-state index < -0.39 is 0 Å². The molecule has 26 heavy (non-hydrogen) atoms. The average molecular weight is 335 g/mol. The molecule has 0 N–H and O–H groups in total. The quantitative estimate of drug-likeness (QED) is 0.341. The first kappa shape index (κ1) is 16.6. The normalized spacial score (nSPS) is 13.2. The maximum atomic E-state index is 4.33. The van der Waals surface area contributed by atoms with Gasteiger partial charge in [-0.25, -0.2) is 0 Å². The number of benzene rings is 4. The Balaban J connectivity index is 1.70. The number of hydrogen-bond donors (Lipinski definition) is 0. The van der Waals surface area contributed by atoms with Crippen LogP contribution in [0.15, 0.2) is 91.0 Å². The summed E-state index contributed by atoms with van der Waals surface area (Å²) in [6, 6.07) is 30.3. The Bertz CT molecular complexity index is 1070. The van der Waals surface area contributed by atoms with Crippen LogP contribution in [0.4, 0.5) is 0 Å². The van der Waals surface area contributed by atoms with Gasteiger partial charge in [0.15, 0.2) is 0 Å². The van der Waals surface area contributed by atoms with E-state index in [0.29, 0.717) is 0 Å². The summed E-state index contributed by atoms with van der Waals surface area (Å²) < 4.78 is 0. The second-order valence-electron chi connectivity index (χ2n) is 6.96. The highest BCUT2D eigenvalue weighted by Crippen LogP contribution is 2.30. The fraction of sp³-hybridized carbons (Fsp3) is 0.115. The van der Waals surface area contributed by atoms with Gasteiger partial charge in [-0.15, -0.1) is 0 Å². The summed E-state index contributed by atoms with van der Waals surface area (Å²) in [5.41, 5.74) is 3.92. The summed E-state index contributed by atoms with van der Waals surface area (Å²) in [5.74, 6) is 0.280. The zero-order chi connectivity index (χ0) is 17.9. The molecular weight excluding hydrogens is 312 g/mol. The molecule has 0 aliphatic carbocycles. The Morgan fingerprint density at radius 1 is 0.808 bits per heavy atom. The molecule has 0 aliphatic heterocycles. The fourth-order valence-corrected chi connectivity index (χ4v) is 3.60. The van der Waals surface area contributed by atoms with Crippen LogP contribution in [-0.4, -0.2) is 0 Å². The van der Waals surface area contributed by atoms with E-state index in [1.165, 1.54) is 38.2 Å². The Morgan fingerprint density at radius 3 is 2.23 bits per heavy atom. The van der Waals surface area contributed by atoms with Gasteiger partial charge in [0.25, 0.3) is 0 Å². The van der Waals surface area contributed by atoms with Gasteiger partial charge in [-0.2, -0.15) is 0 Å². The van der Waals surface area contributed by atoms with Crippen LogP contribution in [-0.2, 0) is 0 Å². The van der Waals surface area contributed by atoms with Gasteiger partial charge >= 0.3 is 0 Å². The topological polar surface area (TPSA) is 0 Å². The van der Waals surface area contributed by atoms with Crippen molar-refractivity contribution in [2.75, 3.05) is 0 Å². The van der Waals surface area contributed by atoms with E-state index in [9.17, 15) is 0 Å². The zero-order valence-electron chi connectivity index (χ0n) is 15.2. The largest absolute Gasteiger partial charge is 0.0804 e. The third-order valence-corrected chi connectivity index (χ3v) is 5.15. The summed E-state index contributed by atoms with van der Waals surface area (Å²) in [6.07, 6.45) is 3.27. The van der Waals surface area contributed by atoms with Crippen molar-refractivity contribution >= 4 is 27.1 Å². The molecule has 0 heteroatoms. The smallest absolute Gasteiger partial charge is 0.0102 e. The van der Waals surface area contributed by atoms with Crippen LogP contribution in [0.5, 0.6) is 0 Å². The first-order chi connectivity index (χ1) is 12.7. The minimum Gasteiger partial charge on any atom is -0.0804 e. The Labute approximate surface area is 155 Å². The maximum absolute atomic E-state index is 4.33. The van der Waals surface area contributed by atoms with Crippen molar-refractivity contribution in [1.29, 1.82) is 0 Å². The first-order valence-corrected chi connectivity index (χ1v) is 9.19. The van der Waals surface area contributed by atoms with E-state index in [1.54, 1.807) is 0 Å². The van der Waals surface area contributed by atoms with Crippen molar-refractivity contribution in [2.24, 2.45) is 0 Å². The van der Waals surface area contributed by atoms with Crippen LogP contribution >= 0.6 is 0 Å². The summed E-state index contributed by atoms with van der Waals surface area (Å²) >= 11 is 0. The van der Waals surface area contributed by atoms with E-state index in [2.05, 4.69) is 105 Å². The molecule has 0 aromatic heterocycles. The standard InChI is InChI=1S/C26H23/c1-19(21-9-4-3-5-10-21)15-16-20(2)25-14-8-13-24-17-22-11-6-7-12-23(22)18-26(24)25/h3-14,16-19H,1,15H2,2H3. The molecule has 127 valence electrons. The summed E-state index contributed by atoms with van der Waals surface area (Å²) in [6.45, 7) is 6.54. The van der Waals surface area contributed by atoms with E-state index in [1.807, 2.05) is 0 Å². The summed E-state index contributed by atoms with van der Waals surface area (Å²) in [4.78, 5) is 0. The van der Waals surface area contributed by atoms with Gasteiger partial charge in [-0.3, -0.25) is 0 Å². The molecule has 0 fully saturated rings. The number of fused-ring (bicyclic) bond motifs is 2. The highest BCUT2D eigenvalue weighted by Gasteiger charge is 2.07. The second-order valence-corrected chi connectivity index (χ2v) is 6.96. The molecular formula is C26H23. The molecule has 0 amide bonds. The maximum Gasteiger partial charge on any atom is -0.0102 e. The molecule has 0 aliphatic rings. The molecule has 4 aromatic carbocycles. The fourth-order valence-electron chi connectivity index (χ4n) is 3.60. The molecule has 0 spiro atoms. The van der Waals surface area contributed by atoms with Gasteiger partial charge in [-0.05, 0) is 76.6 Å². The second kappa shape index (κ2) is 7.17. The molecule has 0 nitrogen and oxygen atoms in total. The highest BCUT2D eigenvalue weighted by molar-refractivity contribution is 6.02. The summed E-state index contributed by atoms with van der Waals surface area (Å²) in [5, 5.41) is 5.20. The van der Waals surface area contributed by atoms with Gasteiger partial charge in [0.2, 0.25) is 0 Å². The average Bonchev–Trinajstić information content (AvgIpc) is 2.70. The van der Waals surface area contributed by atoms with Crippen molar-refractivity contribution < 1.29 is 0 Å². The lowest BCUT2D eigenvalue weighted by molar-refractivity contribution is 0.860. The third kappa shape index (κ3) is 3.28. The number of rotatable bonds is 4. The van der Waals surface area contributed by atoms with Gasteiger partial charge < -0.3 is 0 Å². The van der Waals surface area contributed by atoms with Crippen LogP contribution < -0.4 is 0 Å². The highest BCUT2D eigenvalue weighted by atomic mass is 14.1. The molecule has 4 aromatic rings. The molecule has 0 heterocycles. The van der Waals surface area contributed by atoms with Crippen LogP contribution in [0, 0.1) is 6.92 Å². The molecule has 1 atom stereocenters. The van der Waals surface area contributed by atoms with E-state index in [4.69, 9.17) is 0 Å². The van der Waals surface area contributed by atoms with Gasteiger partial charge in [0.05, 0.1) is 0 Å². The molecule has 1 radical (unpaired) electrons. The van der Waals surface area contributed by atoms with Crippen LogP contribution in [0.3, 0.4) is 0 Å². The zero-order valence-corrected chi connectivity index (χ0v) is 15.2. The Hall–Kier alpha value is -2.86. The van der Waals surface area contributed by atoms with E-state index in [-0.39, 0.29) is 5.92 Å². The van der Waals surface area contributed by atoms with E-state index in [0.717, 1.165) is 6.42 Å². The predicted octanol–water partition coefficient (Wildman–Crippen LogP) is 7.40. The Kier molecular flexibility index (Phi) is 4.58. The molecule has 1 unspecified atom stereocenters. The molecule has 0 saturated heterocycles. The summed E-state index contributed by atoms with van der Waals surface area (Å²) in [7, 11) is 0. The van der Waals surface area contributed by atoms with Crippen molar-refractivity contribution in [2.45, 2.75) is 19.3 Å². The molecule has 0 bridgehead atoms. The lowest BCUT2D eigenvalue weighted by Crippen LogP contribution is -1.92. The van der Waals surface area contributed by atoms with Gasteiger partial charge in [-0.1, -0.05) is 78.9 Å². The monoisotopic (exact) mass is 335 g/mol. The van der Waals surface area contributed by atoms with Crippen LogP contribution in [0.25, 0.3) is 27.1 Å². The third-order valence-electron chi connectivity index (χ3n) is 5.15. The van der Waals surface area contributed by atoms with Gasteiger partial charge in [0, 0.05) is 0 Å². The van der Waals surface area contributed by atoms with Crippen molar-refractivity contribution in [3.05, 3.63) is 109 Å². The minimum absolute atomic E-state index is 0.280. The van der Waals surface area contributed by atoms with Crippen LogP contribution in [0.2, 0.25) is 0 Å². The number of allylic oxidation sites excluding steroid dienone is 2. The van der Waals surface area contributed by atoms with E-state index >= 15 is 0 Å².